The molecule has 1 aromatic heterocycles. The van der Waals surface area contributed by atoms with Crippen LogP contribution in [0, 0.1) is 5.92 Å². The first-order chi connectivity index (χ1) is 8.17. The lowest BCUT2D eigenvalue weighted by atomic mass is 10.2. The number of aromatic nitrogens is 2. The Morgan fingerprint density at radius 3 is 2.65 bits per heavy atom. The Balaban J connectivity index is 2.32. The molecule has 1 N–H and O–H groups in total. The van der Waals surface area contributed by atoms with Gasteiger partial charge in [-0.1, -0.05) is 27.7 Å². The average Bonchev–Trinajstić information content (AvgIpc) is 2.70. The van der Waals surface area contributed by atoms with Crippen LogP contribution in [-0.2, 0) is 19.4 Å². The van der Waals surface area contributed by atoms with Crippen molar-refractivity contribution in [1.82, 2.24) is 15.1 Å². The lowest BCUT2D eigenvalue weighted by Crippen LogP contribution is -2.22. The van der Waals surface area contributed by atoms with Crippen molar-refractivity contribution in [3.63, 3.8) is 0 Å². The number of hydrogen-bond acceptors (Lipinski definition) is 2. The van der Waals surface area contributed by atoms with Crippen molar-refractivity contribution >= 4 is 0 Å². The molecule has 0 saturated carbocycles. The van der Waals surface area contributed by atoms with Gasteiger partial charge in [0.25, 0.3) is 0 Å². The van der Waals surface area contributed by atoms with Gasteiger partial charge >= 0.3 is 0 Å². The maximum absolute atomic E-state index is 4.62. The summed E-state index contributed by atoms with van der Waals surface area (Å²) >= 11 is 0. The van der Waals surface area contributed by atoms with E-state index in [1.54, 1.807) is 0 Å². The lowest BCUT2D eigenvalue weighted by molar-refractivity contribution is 0.497. The largest absolute Gasteiger partial charge is 0.316 e. The van der Waals surface area contributed by atoms with Gasteiger partial charge in [0.05, 0.1) is 5.69 Å². The van der Waals surface area contributed by atoms with Gasteiger partial charge in [-0.25, -0.2) is 0 Å². The molecule has 3 nitrogen and oxygen atoms in total. The molecule has 0 saturated heterocycles. The Labute approximate surface area is 106 Å². The number of rotatable bonds is 8. The molecule has 0 atom stereocenters. The summed E-state index contributed by atoms with van der Waals surface area (Å²) in [6.07, 6.45) is 3.27. The minimum absolute atomic E-state index is 0.734. The fourth-order valence-electron chi connectivity index (χ4n) is 1.91. The van der Waals surface area contributed by atoms with Crippen LogP contribution in [0.3, 0.4) is 0 Å². The summed E-state index contributed by atoms with van der Waals surface area (Å²) < 4.78 is 2.18. The second kappa shape index (κ2) is 7.49. The summed E-state index contributed by atoms with van der Waals surface area (Å²) in [4.78, 5) is 0. The highest BCUT2D eigenvalue weighted by Gasteiger charge is 2.04. The zero-order chi connectivity index (χ0) is 12.7. The van der Waals surface area contributed by atoms with E-state index < -0.39 is 0 Å². The second-order valence-electron chi connectivity index (χ2n) is 5.01. The van der Waals surface area contributed by atoms with Gasteiger partial charge in [-0.2, -0.15) is 5.10 Å². The van der Waals surface area contributed by atoms with Crippen molar-refractivity contribution in [2.45, 2.75) is 53.5 Å². The van der Waals surface area contributed by atoms with E-state index in [9.17, 15) is 0 Å². The van der Waals surface area contributed by atoms with Crippen molar-refractivity contribution in [3.8, 4) is 0 Å². The normalized spacial score (nSPS) is 11.4. The van der Waals surface area contributed by atoms with Gasteiger partial charge in [-0.05, 0) is 44.3 Å². The van der Waals surface area contributed by atoms with Crippen LogP contribution in [0.1, 0.15) is 45.5 Å². The van der Waals surface area contributed by atoms with Gasteiger partial charge in [-0.3, -0.25) is 4.68 Å². The summed E-state index contributed by atoms with van der Waals surface area (Å²) in [6, 6.07) is 2.24. The molecule has 17 heavy (non-hydrogen) atoms. The van der Waals surface area contributed by atoms with E-state index in [1.807, 2.05) is 0 Å². The first-order valence-corrected chi connectivity index (χ1v) is 6.93. The van der Waals surface area contributed by atoms with E-state index in [-0.39, 0.29) is 0 Å². The third-order valence-corrected chi connectivity index (χ3v) is 2.91. The van der Waals surface area contributed by atoms with Crippen LogP contribution >= 0.6 is 0 Å². The zero-order valence-corrected chi connectivity index (χ0v) is 11.8. The fourth-order valence-corrected chi connectivity index (χ4v) is 1.91. The van der Waals surface area contributed by atoms with E-state index in [4.69, 9.17) is 0 Å². The van der Waals surface area contributed by atoms with Crippen molar-refractivity contribution in [3.05, 3.63) is 17.5 Å². The molecule has 98 valence electrons. The molecule has 1 rings (SSSR count). The molecule has 0 aliphatic rings. The third kappa shape index (κ3) is 4.90. The molecule has 1 aromatic rings. The number of aryl methyl sites for hydroxylation is 3. The zero-order valence-electron chi connectivity index (χ0n) is 11.8. The minimum atomic E-state index is 0.734. The van der Waals surface area contributed by atoms with Gasteiger partial charge in [0.2, 0.25) is 0 Å². The van der Waals surface area contributed by atoms with Crippen molar-refractivity contribution in [1.29, 1.82) is 0 Å². The predicted octanol–water partition coefficient (Wildman–Crippen LogP) is 2.64. The monoisotopic (exact) mass is 237 g/mol. The summed E-state index contributed by atoms with van der Waals surface area (Å²) in [5, 5.41) is 8.09. The molecule has 0 unspecified atom stereocenters. The van der Waals surface area contributed by atoms with Crippen LogP contribution in [0.25, 0.3) is 0 Å². The van der Waals surface area contributed by atoms with Gasteiger partial charge < -0.3 is 5.32 Å². The van der Waals surface area contributed by atoms with E-state index in [0.717, 1.165) is 44.8 Å². The molecule has 0 spiro atoms. The Bertz CT molecular complexity index is 315. The fraction of sp³-hybridized carbons (Fsp3) is 0.786. The predicted molar refractivity (Wildman–Crippen MR) is 73.3 cm³/mol. The average molecular weight is 237 g/mol. The summed E-state index contributed by atoms with van der Waals surface area (Å²) in [6.45, 7) is 12.1. The summed E-state index contributed by atoms with van der Waals surface area (Å²) in [7, 11) is 0. The Hall–Kier alpha value is -0.830. The highest BCUT2D eigenvalue weighted by atomic mass is 15.3. The van der Waals surface area contributed by atoms with Gasteiger partial charge in [0.15, 0.2) is 0 Å². The van der Waals surface area contributed by atoms with Crippen molar-refractivity contribution in [2.75, 3.05) is 13.1 Å². The SMILES string of the molecule is CCc1cc(CC)n(CCCNCC(C)C)n1. The van der Waals surface area contributed by atoms with Crippen molar-refractivity contribution in [2.24, 2.45) is 5.92 Å². The van der Waals surface area contributed by atoms with Crippen molar-refractivity contribution < 1.29 is 0 Å². The standard InChI is InChI=1S/C14H27N3/c1-5-13-10-14(6-2)17(16-13)9-7-8-15-11-12(3)4/h10,12,15H,5-9,11H2,1-4H3. The van der Waals surface area contributed by atoms with Gasteiger partial charge in [0, 0.05) is 12.2 Å². The Morgan fingerprint density at radius 2 is 2.06 bits per heavy atom. The molecule has 0 aliphatic carbocycles. The summed E-state index contributed by atoms with van der Waals surface area (Å²) in [5.41, 5.74) is 2.59. The molecule has 3 heteroatoms. The van der Waals surface area contributed by atoms with E-state index in [2.05, 4.69) is 48.9 Å². The van der Waals surface area contributed by atoms with Crippen LogP contribution < -0.4 is 5.32 Å². The lowest BCUT2D eigenvalue weighted by Gasteiger charge is -2.08. The number of nitrogens with zero attached hydrogens (tertiary/aromatic N) is 2. The molecule has 0 fully saturated rings. The maximum Gasteiger partial charge on any atom is 0.0624 e. The van der Waals surface area contributed by atoms with Crippen LogP contribution in [0.15, 0.2) is 6.07 Å². The minimum Gasteiger partial charge on any atom is -0.316 e. The quantitative estimate of drug-likeness (QED) is 0.704. The number of nitrogens with one attached hydrogen (secondary N) is 1. The maximum atomic E-state index is 4.62. The van der Waals surface area contributed by atoms with Crippen LogP contribution in [0.4, 0.5) is 0 Å². The highest BCUT2D eigenvalue weighted by molar-refractivity contribution is 5.10. The molecule has 0 radical (unpaired) electrons. The molecular weight excluding hydrogens is 210 g/mol. The second-order valence-corrected chi connectivity index (χ2v) is 5.01. The Morgan fingerprint density at radius 1 is 1.29 bits per heavy atom. The smallest absolute Gasteiger partial charge is 0.0624 e. The van der Waals surface area contributed by atoms with E-state index in [1.165, 1.54) is 11.4 Å². The first-order valence-electron chi connectivity index (χ1n) is 6.93. The molecule has 1 heterocycles. The first kappa shape index (κ1) is 14.2. The topological polar surface area (TPSA) is 29.9 Å². The van der Waals surface area contributed by atoms with Crippen LogP contribution in [0.2, 0.25) is 0 Å². The van der Waals surface area contributed by atoms with E-state index >= 15 is 0 Å². The third-order valence-electron chi connectivity index (χ3n) is 2.91. The summed E-state index contributed by atoms with van der Waals surface area (Å²) in [5.74, 6) is 0.734. The Kier molecular flexibility index (Phi) is 6.27. The highest BCUT2D eigenvalue weighted by Crippen LogP contribution is 2.06. The molecule has 0 aliphatic heterocycles. The molecular formula is C14H27N3. The van der Waals surface area contributed by atoms with Gasteiger partial charge in [-0.15, -0.1) is 0 Å². The molecule has 0 amide bonds. The number of hydrogen-bond donors (Lipinski definition) is 1. The van der Waals surface area contributed by atoms with Crippen LogP contribution in [-0.4, -0.2) is 22.9 Å². The van der Waals surface area contributed by atoms with Gasteiger partial charge in [0.1, 0.15) is 0 Å². The van der Waals surface area contributed by atoms with E-state index in [0.29, 0.717) is 0 Å². The molecule has 0 aromatic carbocycles. The molecule has 0 bridgehead atoms. The van der Waals surface area contributed by atoms with Crippen LogP contribution in [0.5, 0.6) is 0 Å².